The van der Waals surface area contributed by atoms with Gasteiger partial charge < -0.3 is 5.32 Å². The van der Waals surface area contributed by atoms with Crippen LogP contribution in [0.3, 0.4) is 0 Å². The lowest BCUT2D eigenvalue weighted by Gasteiger charge is -2.20. The van der Waals surface area contributed by atoms with Crippen LogP contribution in [0, 0.1) is 6.92 Å². The first-order valence-electron chi connectivity index (χ1n) is 8.54. The van der Waals surface area contributed by atoms with Crippen LogP contribution in [-0.2, 0) is 7.05 Å². The Morgan fingerprint density at radius 1 is 1.31 bits per heavy atom. The van der Waals surface area contributed by atoms with E-state index in [1.807, 2.05) is 26.4 Å². The van der Waals surface area contributed by atoms with Gasteiger partial charge in [0.05, 0.1) is 11.9 Å². The molecule has 0 saturated carbocycles. The molecule has 3 aromatic heterocycles. The average molecular weight is 389 g/mol. The van der Waals surface area contributed by atoms with Crippen LogP contribution in [0.25, 0.3) is 10.6 Å². The van der Waals surface area contributed by atoms with Crippen molar-refractivity contribution in [3.63, 3.8) is 0 Å². The molecule has 0 bridgehead atoms. The molecule has 4 heterocycles. The largest absolute Gasteiger partial charge is 0.317 e. The molecular weight excluding hydrogens is 368 g/mol. The summed E-state index contributed by atoms with van der Waals surface area (Å²) in [6.07, 6.45) is 7.80. The monoisotopic (exact) mass is 388 g/mol. The van der Waals surface area contributed by atoms with Crippen LogP contribution in [-0.4, -0.2) is 38.7 Å². The summed E-state index contributed by atoms with van der Waals surface area (Å²) in [4.78, 5) is 23.4. The fraction of sp³-hybridized carbons (Fsp3) is 0.412. The summed E-state index contributed by atoms with van der Waals surface area (Å²) in [6, 6.07) is 0. The number of nitrogens with zero attached hydrogens (tertiary/aromatic N) is 4. The molecule has 9 heteroatoms. The van der Waals surface area contributed by atoms with E-state index in [2.05, 4.69) is 25.7 Å². The van der Waals surface area contributed by atoms with Gasteiger partial charge in [-0.3, -0.25) is 14.8 Å². The summed E-state index contributed by atoms with van der Waals surface area (Å²) in [7, 11) is 1.86. The molecule has 0 unspecified atom stereocenters. The maximum Gasteiger partial charge on any atom is 0.269 e. The third-order valence-electron chi connectivity index (χ3n) is 4.44. The van der Waals surface area contributed by atoms with Crippen molar-refractivity contribution in [2.45, 2.75) is 25.7 Å². The Bertz CT molecular complexity index is 921. The fourth-order valence-electron chi connectivity index (χ4n) is 3.06. The third kappa shape index (κ3) is 3.55. The van der Waals surface area contributed by atoms with E-state index in [4.69, 9.17) is 0 Å². The lowest BCUT2D eigenvalue weighted by molar-refractivity contribution is 0.103. The first kappa shape index (κ1) is 17.3. The van der Waals surface area contributed by atoms with Crippen molar-refractivity contribution in [2.24, 2.45) is 7.05 Å². The van der Waals surface area contributed by atoms with Crippen molar-refractivity contribution in [1.29, 1.82) is 0 Å². The predicted molar refractivity (Wildman–Crippen MR) is 104 cm³/mol. The lowest BCUT2D eigenvalue weighted by Crippen LogP contribution is -2.26. The Kier molecular flexibility index (Phi) is 4.84. The molecule has 1 saturated heterocycles. The number of amides is 1. The van der Waals surface area contributed by atoms with Gasteiger partial charge in [-0.15, -0.1) is 22.7 Å². The molecule has 7 nitrogen and oxygen atoms in total. The van der Waals surface area contributed by atoms with Crippen LogP contribution in [0.4, 0.5) is 5.13 Å². The van der Waals surface area contributed by atoms with E-state index < -0.39 is 0 Å². The minimum absolute atomic E-state index is 0.152. The zero-order valence-corrected chi connectivity index (χ0v) is 16.3. The Labute approximate surface area is 159 Å². The smallest absolute Gasteiger partial charge is 0.269 e. The maximum absolute atomic E-state index is 12.7. The summed E-state index contributed by atoms with van der Waals surface area (Å²) < 4.78 is 1.73. The van der Waals surface area contributed by atoms with Crippen molar-refractivity contribution < 1.29 is 4.79 Å². The molecule has 26 heavy (non-hydrogen) atoms. The second kappa shape index (κ2) is 7.26. The molecule has 136 valence electrons. The number of hydrogen-bond acceptors (Lipinski definition) is 7. The maximum atomic E-state index is 12.7. The molecule has 1 fully saturated rings. The fourth-order valence-corrected chi connectivity index (χ4v) is 4.97. The van der Waals surface area contributed by atoms with Crippen molar-refractivity contribution in [1.82, 2.24) is 25.1 Å². The first-order chi connectivity index (χ1) is 12.6. The van der Waals surface area contributed by atoms with Crippen LogP contribution in [0.5, 0.6) is 0 Å². The Hall–Kier alpha value is -2.10. The van der Waals surface area contributed by atoms with Crippen LogP contribution < -0.4 is 10.6 Å². The molecule has 0 aliphatic carbocycles. The van der Waals surface area contributed by atoms with E-state index >= 15 is 0 Å². The summed E-state index contributed by atoms with van der Waals surface area (Å²) in [6.45, 7) is 3.94. The van der Waals surface area contributed by atoms with Gasteiger partial charge in [-0.05, 0) is 38.8 Å². The van der Waals surface area contributed by atoms with Gasteiger partial charge in [-0.2, -0.15) is 5.10 Å². The van der Waals surface area contributed by atoms with Gasteiger partial charge in [0.25, 0.3) is 5.91 Å². The SMILES string of the molecule is Cc1nc(-c2cnn(C)c2)sc1C(=O)Nc1ncc(C2CCNCC2)s1. The topological polar surface area (TPSA) is 84.7 Å². The number of piperidine rings is 1. The second-order valence-electron chi connectivity index (χ2n) is 6.38. The normalized spacial score (nSPS) is 15.3. The molecule has 4 rings (SSSR count). The zero-order valence-electron chi connectivity index (χ0n) is 14.7. The molecule has 1 aliphatic heterocycles. The Balaban J connectivity index is 1.48. The van der Waals surface area contributed by atoms with Crippen molar-refractivity contribution in [2.75, 3.05) is 18.4 Å². The van der Waals surface area contributed by atoms with Crippen LogP contribution in [0.1, 0.15) is 39.0 Å². The molecule has 1 aliphatic rings. The minimum Gasteiger partial charge on any atom is -0.317 e. The third-order valence-corrected chi connectivity index (χ3v) is 6.72. The summed E-state index contributed by atoms with van der Waals surface area (Å²) in [5.74, 6) is 0.392. The van der Waals surface area contributed by atoms with E-state index in [1.165, 1.54) is 16.2 Å². The van der Waals surface area contributed by atoms with E-state index in [0.717, 1.165) is 42.2 Å². The zero-order chi connectivity index (χ0) is 18.1. The van der Waals surface area contributed by atoms with Crippen LogP contribution >= 0.6 is 22.7 Å². The highest BCUT2D eigenvalue weighted by atomic mass is 32.1. The Morgan fingerprint density at radius 2 is 2.12 bits per heavy atom. The Morgan fingerprint density at radius 3 is 2.85 bits per heavy atom. The summed E-state index contributed by atoms with van der Waals surface area (Å²) in [5.41, 5.74) is 1.64. The number of aryl methyl sites for hydroxylation is 2. The molecule has 0 radical (unpaired) electrons. The van der Waals surface area contributed by atoms with Crippen molar-refractivity contribution >= 4 is 33.7 Å². The molecular formula is C17H20N6OS2. The van der Waals surface area contributed by atoms with Gasteiger partial charge in [0.2, 0.25) is 0 Å². The van der Waals surface area contributed by atoms with Gasteiger partial charge in [0, 0.05) is 29.9 Å². The number of hydrogen-bond donors (Lipinski definition) is 2. The number of carbonyl (C=O) groups excluding carboxylic acids is 1. The summed E-state index contributed by atoms with van der Waals surface area (Å²) >= 11 is 2.96. The van der Waals surface area contributed by atoms with E-state index in [-0.39, 0.29) is 5.91 Å². The van der Waals surface area contributed by atoms with Gasteiger partial charge in [-0.1, -0.05) is 0 Å². The van der Waals surface area contributed by atoms with Crippen molar-refractivity contribution in [3.8, 4) is 10.6 Å². The minimum atomic E-state index is -0.152. The highest BCUT2D eigenvalue weighted by Gasteiger charge is 2.21. The average Bonchev–Trinajstić information content (AvgIpc) is 3.36. The van der Waals surface area contributed by atoms with Crippen LogP contribution in [0.2, 0.25) is 0 Å². The molecule has 0 atom stereocenters. The van der Waals surface area contributed by atoms with Gasteiger partial charge >= 0.3 is 0 Å². The first-order valence-corrected chi connectivity index (χ1v) is 10.2. The standard InChI is InChI=1S/C17H20N6OS2/c1-10-14(26-16(21-10)12-7-20-23(2)9-12)15(24)22-17-19-8-13(25-17)11-3-5-18-6-4-11/h7-9,11,18H,3-6H2,1-2H3,(H,19,22,24). The van der Waals surface area contributed by atoms with Gasteiger partial charge in [0.15, 0.2) is 5.13 Å². The molecule has 0 spiro atoms. The van der Waals surface area contributed by atoms with E-state index in [9.17, 15) is 4.79 Å². The summed E-state index contributed by atoms with van der Waals surface area (Å²) in [5, 5.41) is 11.9. The van der Waals surface area contributed by atoms with Gasteiger partial charge in [0.1, 0.15) is 9.88 Å². The van der Waals surface area contributed by atoms with E-state index in [1.54, 1.807) is 22.2 Å². The highest BCUT2D eigenvalue weighted by molar-refractivity contribution is 7.18. The number of nitrogens with one attached hydrogen (secondary N) is 2. The highest BCUT2D eigenvalue weighted by Crippen LogP contribution is 2.33. The van der Waals surface area contributed by atoms with E-state index in [0.29, 0.717) is 15.9 Å². The van der Waals surface area contributed by atoms with Crippen molar-refractivity contribution in [3.05, 3.63) is 34.0 Å². The molecule has 1 amide bonds. The quantitative estimate of drug-likeness (QED) is 0.718. The number of thiazole rings is 2. The van der Waals surface area contributed by atoms with Crippen LogP contribution in [0.15, 0.2) is 18.6 Å². The second-order valence-corrected chi connectivity index (χ2v) is 8.44. The number of aromatic nitrogens is 4. The number of carbonyl (C=O) groups is 1. The van der Waals surface area contributed by atoms with Gasteiger partial charge in [-0.25, -0.2) is 9.97 Å². The number of rotatable bonds is 4. The molecule has 2 N–H and O–H groups in total. The molecule has 3 aromatic rings. The molecule has 0 aromatic carbocycles. The predicted octanol–water partition coefficient (Wildman–Crippen LogP) is 3.03. The lowest BCUT2D eigenvalue weighted by atomic mass is 9.97. The number of anilines is 1.